The standard InChI is InChI=1S/C17H19Cl2N/c1-12(2)15(13-6-4-3-5-7-13)11-20-17-9-8-14(18)10-16(17)19/h3-10,12,15,20H,11H2,1-2H3. The summed E-state index contributed by atoms with van der Waals surface area (Å²) in [6.45, 7) is 5.33. The highest BCUT2D eigenvalue weighted by Gasteiger charge is 2.15. The molecule has 2 aromatic carbocycles. The molecule has 0 aliphatic rings. The monoisotopic (exact) mass is 307 g/mol. The Hall–Kier alpha value is -1.18. The Morgan fingerprint density at radius 1 is 1.00 bits per heavy atom. The Labute approximate surface area is 130 Å². The molecule has 0 radical (unpaired) electrons. The van der Waals surface area contributed by atoms with Crippen molar-refractivity contribution in [1.82, 2.24) is 0 Å². The van der Waals surface area contributed by atoms with E-state index in [0.717, 1.165) is 12.2 Å². The SMILES string of the molecule is CC(C)C(CNc1ccc(Cl)cc1Cl)c1ccccc1. The molecule has 0 bridgehead atoms. The molecule has 1 unspecified atom stereocenters. The fourth-order valence-corrected chi connectivity index (χ4v) is 2.77. The van der Waals surface area contributed by atoms with Crippen LogP contribution in [0.15, 0.2) is 48.5 Å². The zero-order valence-corrected chi connectivity index (χ0v) is 13.2. The first-order chi connectivity index (χ1) is 9.58. The molecule has 1 atom stereocenters. The van der Waals surface area contributed by atoms with Gasteiger partial charge < -0.3 is 5.32 Å². The third-order valence-corrected chi connectivity index (χ3v) is 4.02. The van der Waals surface area contributed by atoms with Crippen molar-refractivity contribution in [2.24, 2.45) is 5.92 Å². The molecule has 0 fully saturated rings. The first-order valence-corrected chi connectivity index (χ1v) is 7.57. The van der Waals surface area contributed by atoms with Crippen molar-refractivity contribution < 1.29 is 0 Å². The average Bonchev–Trinajstić information content (AvgIpc) is 2.42. The van der Waals surface area contributed by atoms with Crippen molar-refractivity contribution in [2.75, 3.05) is 11.9 Å². The number of hydrogen-bond acceptors (Lipinski definition) is 1. The highest BCUT2D eigenvalue weighted by atomic mass is 35.5. The summed E-state index contributed by atoms with van der Waals surface area (Å²) in [5.74, 6) is 0.999. The van der Waals surface area contributed by atoms with Crippen molar-refractivity contribution in [3.05, 3.63) is 64.1 Å². The van der Waals surface area contributed by atoms with Gasteiger partial charge >= 0.3 is 0 Å². The summed E-state index contributed by atoms with van der Waals surface area (Å²) in [5, 5.41) is 4.75. The zero-order valence-electron chi connectivity index (χ0n) is 11.7. The molecule has 0 amide bonds. The average molecular weight is 308 g/mol. The second kappa shape index (κ2) is 7.01. The topological polar surface area (TPSA) is 12.0 Å². The summed E-state index contributed by atoms with van der Waals surface area (Å²) in [6, 6.07) is 16.1. The number of nitrogens with one attached hydrogen (secondary N) is 1. The van der Waals surface area contributed by atoms with Crippen LogP contribution < -0.4 is 5.32 Å². The number of anilines is 1. The largest absolute Gasteiger partial charge is 0.383 e. The van der Waals surface area contributed by atoms with Crippen LogP contribution in [0.3, 0.4) is 0 Å². The zero-order chi connectivity index (χ0) is 14.5. The first kappa shape index (κ1) is 15.2. The quantitative estimate of drug-likeness (QED) is 0.731. The Bertz CT molecular complexity index is 552. The van der Waals surface area contributed by atoms with Gasteiger partial charge in [-0.25, -0.2) is 0 Å². The molecule has 3 heteroatoms. The van der Waals surface area contributed by atoms with E-state index in [1.807, 2.05) is 18.2 Å². The molecule has 0 aliphatic carbocycles. The molecule has 1 nitrogen and oxygen atoms in total. The van der Waals surface area contributed by atoms with Gasteiger partial charge in [-0.3, -0.25) is 0 Å². The fraction of sp³-hybridized carbons (Fsp3) is 0.294. The van der Waals surface area contributed by atoms with E-state index in [-0.39, 0.29) is 0 Å². The van der Waals surface area contributed by atoms with Crippen molar-refractivity contribution in [1.29, 1.82) is 0 Å². The van der Waals surface area contributed by atoms with Crippen molar-refractivity contribution in [3.8, 4) is 0 Å². The van der Waals surface area contributed by atoms with Gasteiger partial charge in [0.15, 0.2) is 0 Å². The van der Waals surface area contributed by atoms with Gasteiger partial charge in [0.05, 0.1) is 10.7 Å². The maximum Gasteiger partial charge on any atom is 0.0652 e. The van der Waals surface area contributed by atoms with Crippen LogP contribution >= 0.6 is 23.2 Å². The Morgan fingerprint density at radius 2 is 1.70 bits per heavy atom. The van der Waals surface area contributed by atoms with Crippen molar-refractivity contribution in [3.63, 3.8) is 0 Å². The lowest BCUT2D eigenvalue weighted by Crippen LogP contribution is -2.17. The van der Waals surface area contributed by atoms with Gasteiger partial charge in [0.2, 0.25) is 0 Å². The Morgan fingerprint density at radius 3 is 2.30 bits per heavy atom. The summed E-state index contributed by atoms with van der Waals surface area (Å²) in [7, 11) is 0. The second-order valence-electron chi connectivity index (χ2n) is 5.27. The fourth-order valence-electron chi connectivity index (χ4n) is 2.29. The minimum absolute atomic E-state index is 0.447. The van der Waals surface area contributed by atoms with Crippen LogP contribution in [0.2, 0.25) is 10.0 Å². The Balaban J connectivity index is 2.10. The molecule has 2 aromatic rings. The normalized spacial score (nSPS) is 12.4. The van der Waals surface area contributed by atoms with Crippen LogP contribution in [0, 0.1) is 5.92 Å². The predicted molar refractivity (Wildman–Crippen MR) is 89.0 cm³/mol. The van der Waals surface area contributed by atoms with Crippen molar-refractivity contribution in [2.45, 2.75) is 19.8 Å². The summed E-state index contributed by atoms with van der Waals surface area (Å²) in [4.78, 5) is 0. The minimum Gasteiger partial charge on any atom is -0.383 e. The van der Waals surface area contributed by atoms with E-state index >= 15 is 0 Å². The molecular weight excluding hydrogens is 289 g/mol. The second-order valence-corrected chi connectivity index (χ2v) is 6.11. The summed E-state index contributed by atoms with van der Waals surface area (Å²) in [6.07, 6.45) is 0. The van der Waals surface area contributed by atoms with Gasteiger partial charge in [0, 0.05) is 17.5 Å². The summed E-state index contributed by atoms with van der Waals surface area (Å²) < 4.78 is 0. The lowest BCUT2D eigenvalue weighted by atomic mass is 9.88. The first-order valence-electron chi connectivity index (χ1n) is 6.82. The van der Waals surface area contributed by atoms with E-state index < -0.39 is 0 Å². The summed E-state index contributed by atoms with van der Waals surface area (Å²) >= 11 is 12.1. The van der Waals surface area contributed by atoms with E-state index in [4.69, 9.17) is 23.2 Å². The molecule has 1 N–H and O–H groups in total. The number of halogens is 2. The third-order valence-electron chi connectivity index (χ3n) is 3.48. The molecule has 0 aliphatic heterocycles. The molecule has 0 aromatic heterocycles. The van der Waals surface area contributed by atoms with E-state index in [0.29, 0.717) is 21.9 Å². The highest BCUT2D eigenvalue weighted by Crippen LogP contribution is 2.28. The number of benzene rings is 2. The molecule has 0 saturated heterocycles. The molecule has 0 spiro atoms. The molecule has 2 rings (SSSR count). The lowest BCUT2D eigenvalue weighted by molar-refractivity contribution is 0.517. The van der Waals surface area contributed by atoms with Gasteiger partial charge in [0.1, 0.15) is 0 Å². The third kappa shape index (κ3) is 3.91. The van der Waals surface area contributed by atoms with Gasteiger partial charge in [-0.2, -0.15) is 0 Å². The van der Waals surface area contributed by atoms with Crippen LogP contribution in [-0.2, 0) is 0 Å². The van der Waals surface area contributed by atoms with E-state index in [2.05, 4.69) is 43.4 Å². The molecule has 106 valence electrons. The smallest absolute Gasteiger partial charge is 0.0652 e. The van der Waals surface area contributed by atoms with Crippen molar-refractivity contribution >= 4 is 28.9 Å². The molecule has 0 heterocycles. The minimum atomic E-state index is 0.447. The lowest BCUT2D eigenvalue weighted by Gasteiger charge is -2.23. The van der Waals surface area contributed by atoms with Gasteiger partial charge in [0.25, 0.3) is 0 Å². The van der Waals surface area contributed by atoms with E-state index in [1.165, 1.54) is 5.56 Å². The predicted octanol–water partition coefficient (Wildman–Crippen LogP) is 5.85. The molecule has 0 saturated carbocycles. The van der Waals surface area contributed by atoms with Gasteiger partial charge in [-0.15, -0.1) is 0 Å². The number of rotatable bonds is 5. The van der Waals surface area contributed by atoms with Crippen LogP contribution in [0.4, 0.5) is 5.69 Å². The van der Waals surface area contributed by atoms with Crippen LogP contribution in [0.5, 0.6) is 0 Å². The molecule has 20 heavy (non-hydrogen) atoms. The van der Waals surface area contributed by atoms with Crippen LogP contribution in [0.1, 0.15) is 25.3 Å². The summed E-state index contributed by atoms with van der Waals surface area (Å²) in [5.41, 5.74) is 2.28. The van der Waals surface area contributed by atoms with Gasteiger partial charge in [-0.05, 0) is 29.7 Å². The maximum absolute atomic E-state index is 6.19. The van der Waals surface area contributed by atoms with Gasteiger partial charge in [-0.1, -0.05) is 67.4 Å². The van der Waals surface area contributed by atoms with Crippen LogP contribution in [0.25, 0.3) is 0 Å². The molecular formula is C17H19Cl2N. The maximum atomic E-state index is 6.19. The van der Waals surface area contributed by atoms with E-state index in [9.17, 15) is 0 Å². The van der Waals surface area contributed by atoms with E-state index in [1.54, 1.807) is 6.07 Å². The highest BCUT2D eigenvalue weighted by molar-refractivity contribution is 6.36. The Kier molecular flexibility index (Phi) is 5.33. The number of hydrogen-bond donors (Lipinski definition) is 1. The van der Waals surface area contributed by atoms with Crippen LogP contribution in [-0.4, -0.2) is 6.54 Å².